The van der Waals surface area contributed by atoms with E-state index in [4.69, 9.17) is 9.84 Å². The zero-order chi connectivity index (χ0) is 20.4. The summed E-state index contributed by atoms with van der Waals surface area (Å²) in [7, 11) is 0. The van der Waals surface area contributed by atoms with E-state index < -0.39 is 17.6 Å². The number of anilines is 1. The molecule has 2 fully saturated rings. The van der Waals surface area contributed by atoms with Gasteiger partial charge in [-0.15, -0.1) is 0 Å². The number of carboxylic acid groups (broad SMARTS) is 1. The van der Waals surface area contributed by atoms with E-state index in [9.17, 15) is 13.6 Å². The van der Waals surface area contributed by atoms with Crippen molar-refractivity contribution in [2.45, 2.75) is 32.1 Å². The molecule has 1 aromatic heterocycles. The normalized spacial score (nSPS) is 17.4. The van der Waals surface area contributed by atoms with Crippen LogP contribution in [0.25, 0.3) is 11.3 Å². The lowest BCUT2D eigenvalue weighted by Gasteiger charge is -2.33. The molecule has 7 heteroatoms. The van der Waals surface area contributed by atoms with Gasteiger partial charge in [-0.3, -0.25) is 4.79 Å². The van der Waals surface area contributed by atoms with Crippen LogP contribution in [-0.2, 0) is 4.79 Å². The van der Waals surface area contributed by atoms with Crippen LogP contribution in [0.5, 0.6) is 5.88 Å². The molecule has 0 radical (unpaired) electrons. The Labute approximate surface area is 168 Å². The third-order valence-corrected chi connectivity index (χ3v) is 5.59. The van der Waals surface area contributed by atoms with E-state index in [0.717, 1.165) is 0 Å². The van der Waals surface area contributed by atoms with Crippen LogP contribution in [0.3, 0.4) is 0 Å². The first-order chi connectivity index (χ1) is 14.0. The van der Waals surface area contributed by atoms with Crippen LogP contribution >= 0.6 is 0 Å². The highest BCUT2D eigenvalue weighted by atomic mass is 19.1. The molecule has 1 aliphatic carbocycles. The van der Waals surface area contributed by atoms with E-state index in [1.807, 2.05) is 0 Å². The SMILES string of the molecule is O=C(O)CC1CCN(c2c(F)cc(-c3cccc(OCC4CC4)n3)cc2F)CC1. The maximum Gasteiger partial charge on any atom is 0.303 e. The standard InChI is InChI=1S/C22H24F2N2O3/c23-17-11-16(19-2-1-3-20(25-19)29-13-15-4-5-15)12-18(24)22(17)26-8-6-14(7-9-26)10-21(27)28/h1-3,11-12,14-15H,4-10,13H2,(H,27,28). The Morgan fingerprint density at radius 2 is 1.79 bits per heavy atom. The summed E-state index contributed by atoms with van der Waals surface area (Å²) >= 11 is 0. The van der Waals surface area contributed by atoms with Gasteiger partial charge in [0.1, 0.15) is 17.3 Å². The minimum absolute atomic E-state index is 0.0522. The Balaban J connectivity index is 1.49. The molecule has 1 aliphatic heterocycles. The number of rotatable bonds is 7. The summed E-state index contributed by atoms with van der Waals surface area (Å²) in [4.78, 5) is 16.9. The molecule has 1 saturated heterocycles. The number of aliphatic carboxylic acids is 1. The fourth-order valence-electron chi connectivity index (χ4n) is 3.77. The number of nitrogens with zero attached hydrogens (tertiary/aromatic N) is 2. The highest BCUT2D eigenvalue weighted by molar-refractivity contribution is 5.67. The summed E-state index contributed by atoms with van der Waals surface area (Å²) in [6.07, 6.45) is 3.66. The lowest BCUT2D eigenvalue weighted by Crippen LogP contribution is -2.35. The topological polar surface area (TPSA) is 62.7 Å². The van der Waals surface area contributed by atoms with Crippen molar-refractivity contribution in [3.8, 4) is 17.1 Å². The predicted molar refractivity (Wildman–Crippen MR) is 105 cm³/mol. The maximum atomic E-state index is 14.8. The summed E-state index contributed by atoms with van der Waals surface area (Å²) in [5.41, 5.74) is 0.771. The Bertz CT molecular complexity index is 870. The third kappa shape index (κ3) is 4.83. The van der Waals surface area contributed by atoms with Crippen molar-refractivity contribution in [1.29, 1.82) is 0 Å². The average molecular weight is 402 g/mol. The van der Waals surface area contributed by atoms with Gasteiger partial charge in [0.05, 0.1) is 12.3 Å². The highest BCUT2D eigenvalue weighted by Gasteiger charge is 2.26. The van der Waals surface area contributed by atoms with E-state index in [2.05, 4.69) is 4.98 Å². The van der Waals surface area contributed by atoms with Gasteiger partial charge in [-0.1, -0.05) is 6.07 Å². The number of aromatic nitrogens is 1. The van der Waals surface area contributed by atoms with Gasteiger partial charge in [-0.05, 0) is 55.7 Å². The van der Waals surface area contributed by atoms with Gasteiger partial charge in [-0.25, -0.2) is 13.8 Å². The number of carboxylic acids is 1. The Morgan fingerprint density at radius 1 is 1.10 bits per heavy atom. The molecular formula is C22H24F2N2O3. The van der Waals surface area contributed by atoms with Gasteiger partial charge < -0.3 is 14.7 Å². The smallest absolute Gasteiger partial charge is 0.303 e. The maximum absolute atomic E-state index is 14.8. The summed E-state index contributed by atoms with van der Waals surface area (Å²) in [6.45, 7) is 1.50. The molecule has 0 atom stereocenters. The molecular weight excluding hydrogens is 378 g/mol. The van der Waals surface area contributed by atoms with Gasteiger partial charge >= 0.3 is 5.97 Å². The molecule has 1 N–H and O–H groups in total. The molecule has 29 heavy (non-hydrogen) atoms. The quantitative estimate of drug-likeness (QED) is 0.739. The van der Waals surface area contributed by atoms with Crippen molar-refractivity contribution < 1.29 is 23.4 Å². The van der Waals surface area contributed by atoms with Crippen molar-refractivity contribution in [2.24, 2.45) is 11.8 Å². The van der Waals surface area contributed by atoms with Crippen molar-refractivity contribution in [3.05, 3.63) is 42.0 Å². The molecule has 2 aromatic rings. The molecule has 0 unspecified atom stereocenters. The lowest BCUT2D eigenvalue weighted by atomic mass is 9.93. The Kier molecular flexibility index (Phi) is 5.65. The Morgan fingerprint density at radius 3 is 2.41 bits per heavy atom. The van der Waals surface area contributed by atoms with Crippen LogP contribution in [0.15, 0.2) is 30.3 Å². The number of ether oxygens (including phenoxy) is 1. The van der Waals surface area contributed by atoms with E-state index in [-0.39, 0.29) is 18.0 Å². The highest BCUT2D eigenvalue weighted by Crippen LogP contribution is 2.33. The first-order valence-electron chi connectivity index (χ1n) is 10.1. The average Bonchev–Trinajstić information content (AvgIpc) is 3.51. The zero-order valence-corrected chi connectivity index (χ0v) is 16.1. The summed E-state index contributed by atoms with van der Waals surface area (Å²) in [5, 5.41) is 8.91. The van der Waals surface area contributed by atoms with Crippen LogP contribution < -0.4 is 9.64 Å². The fourth-order valence-corrected chi connectivity index (χ4v) is 3.77. The number of hydrogen-bond donors (Lipinski definition) is 1. The second-order valence-corrected chi connectivity index (χ2v) is 7.93. The molecule has 4 rings (SSSR count). The van der Waals surface area contributed by atoms with Crippen molar-refractivity contribution in [1.82, 2.24) is 4.98 Å². The second-order valence-electron chi connectivity index (χ2n) is 7.93. The van der Waals surface area contributed by atoms with Crippen LogP contribution in [0.4, 0.5) is 14.5 Å². The van der Waals surface area contributed by atoms with Crippen LogP contribution in [-0.4, -0.2) is 35.8 Å². The molecule has 154 valence electrons. The predicted octanol–water partition coefficient (Wildman–Crippen LogP) is 4.51. The van der Waals surface area contributed by atoms with Gasteiger partial charge in [0, 0.05) is 31.1 Å². The molecule has 1 saturated carbocycles. The minimum Gasteiger partial charge on any atom is -0.481 e. The third-order valence-electron chi connectivity index (χ3n) is 5.59. The second kappa shape index (κ2) is 8.35. The lowest BCUT2D eigenvalue weighted by molar-refractivity contribution is -0.138. The molecule has 1 aromatic carbocycles. The van der Waals surface area contributed by atoms with Gasteiger partial charge in [0.2, 0.25) is 5.88 Å². The minimum atomic E-state index is -0.832. The number of piperidine rings is 1. The van der Waals surface area contributed by atoms with Gasteiger partial charge in [0.25, 0.3) is 0 Å². The zero-order valence-electron chi connectivity index (χ0n) is 16.1. The number of carbonyl (C=O) groups is 1. The summed E-state index contributed by atoms with van der Waals surface area (Å²) in [6, 6.07) is 7.81. The largest absolute Gasteiger partial charge is 0.481 e. The Hall–Kier alpha value is -2.70. The monoisotopic (exact) mass is 402 g/mol. The van der Waals surface area contributed by atoms with E-state index in [1.54, 1.807) is 23.1 Å². The van der Waals surface area contributed by atoms with E-state index in [1.165, 1.54) is 25.0 Å². The van der Waals surface area contributed by atoms with Crippen molar-refractivity contribution in [3.63, 3.8) is 0 Å². The molecule has 2 aliphatic rings. The van der Waals surface area contributed by atoms with Crippen LogP contribution in [0.2, 0.25) is 0 Å². The van der Waals surface area contributed by atoms with E-state index in [0.29, 0.717) is 55.6 Å². The molecule has 5 nitrogen and oxygen atoms in total. The molecule has 0 amide bonds. The number of benzene rings is 1. The molecule has 0 spiro atoms. The number of pyridine rings is 1. The van der Waals surface area contributed by atoms with Crippen LogP contribution in [0.1, 0.15) is 32.1 Å². The number of hydrogen-bond acceptors (Lipinski definition) is 4. The summed E-state index contributed by atoms with van der Waals surface area (Å²) < 4.78 is 35.3. The molecule has 0 bridgehead atoms. The van der Waals surface area contributed by atoms with Crippen molar-refractivity contribution in [2.75, 3.05) is 24.6 Å². The molecule has 2 heterocycles. The number of halogens is 2. The van der Waals surface area contributed by atoms with Gasteiger partial charge in [0.15, 0.2) is 0 Å². The summed E-state index contributed by atoms with van der Waals surface area (Å²) in [5.74, 6) is -1.00. The van der Waals surface area contributed by atoms with Gasteiger partial charge in [-0.2, -0.15) is 0 Å². The first-order valence-corrected chi connectivity index (χ1v) is 10.1. The van der Waals surface area contributed by atoms with Crippen LogP contribution in [0, 0.1) is 23.5 Å². The fraction of sp³-hybridized carbons (Fsp3) is 0.455. The van der Waals surface area contributed by atoms with E-state index >= 15 is 0 Å². The van der Waals surface area contributed by atoms with Crippen molar-refractivity contribution >= 4 is 11.7 Å². The first kappa shape index (κ1) is 19.6.